The normalized spacial score (nSPS) is 13.6. The molecule has 14 heteroatoms. The second-order valence-corrected chi connectivity index (χ2v) is 14.4. The molecule has 1 aliphatic heterocycles. The van der Waals surface area contributed by atoms with Gasteiger partial charge in [-0.15, -0.1) is 0 Å². The first-order valence-electron chi connectivity index (χ1n) is 18.1. The number of hydrogen-bond donors (Lipinski definition) is 3. The minimum absolute atomic E-state index is 0.124. The molecule has 1 unspecified atom stereocenters. The molecule has 0 radical (unpaired) electrons. The van der Waals surface area contributed by atoms with Gasteiger partial charge in [0.15, 0.2) is 0 Å². The van der Waals surface area contributed by atoms with Gasteiger partial charge in [0.05, 0.1) is 11.7 Å². The summed E-state index contributed by atoms with van der Waals surface area (Å²) >= 11 is 0. The quantitative estimate of drug-likeness (QED) is 0.108. The van der Waals surface area contributed by atoms with E-state index >= 15 is 0 Å². The van der Waals surface area contributed by atoms with Gasteiger partial charge in [-0.05, 0) is 107 Å². The third-order valence-electron chi connectivity index (χ3n) is 8.63. The van der Waals surface area contributed by atoms with Gasteiger partial charge in [-0.1, -0.05) is 60.7 Å². The fourth-order valence-electron chi connectivity index (χ4n) is 5.67. The molecule has 298 valence electrons. The Labute approximate surface area is 330 Å². The van der Waals surface area contributed by atoms with Crippen LogP contribution >= 0.6 is 0 Å². The number of nitrogen functional groups attached to an aromatic ring is 1. The number of allylic oxidation sites excluding steroid dienone is 1. The Morgan fingerprint density at radius 2 is 1.39 bits per heavy atom. The molecule has 0 bridgehead atoms. The molecular weight excluding hydrogens is 735 g/mol. The van der Waals surface area contributed by atoms with Crippen LogP contribution in [0, 0.1) is 32.4 Å². The maximum atomic E-state index is 14.8. The molecule has 0 aliphatic carbocycles. The van der Waals surface area contributed by atoms with Crippen LogP contribution in [0.15, 0.2) is 103 Å². The number of carbonyl (C=O) groups is 3. The highest BCUT2D eigenvalue weighted by atomic mass is 19.1. The van der Waals surface area contributed by atoms with Crippen LogP contribution < -0.4 is 16.5 Å². The van der Waals surface area contributed by atoms with Crippen LogP contribution in [-0.4, -0.2) is 38.7 Å². The summed E-state index contributed by atoms with van der Waals surface area (Å²) in [7, 11) is 0. The molecule has 5 aromatic rings. The number of ether oxygens (including phenoxy) is 3. The summed E-state index contributed by atoms with van der Waals surface area (Å²) in [6, 6.07) is 25.4. The number of benzene rings is 4. The highest BCUT2D eigenvalue weighted by molar-refractivity contribution is 5.86. The Kier molecular flexibility index (Phi) is 13.1. The first-order valence-corrected chi connectivity index (χ1v) is 18.1. The van der Waals surface area contributed by atoms with Gasteiger partial charge in [-0.25, -0.2) is 33.6 Å². The third kappa shape index (κ3) is 11.0. The SMILES string of the molecule is CC1=CC(c2cc(NC(=O)OC(C)(C)C)c(C)cc2F)NN1C(=O)OCc1ccccc1.Cc1cc(F)c(-c2cc(C)n(C(=O)OCc3ccccc3)n2)cc1N. The van der Waals surface area contributed by atoms with Crippen LogP contribution in [0.3, 0.4) is 0 Å². The first kappa shape index (κ1) is 41.6. The number of hydrogen-bond acceptors (Lipinski definition) is 9. The van der Waals surface area contributed by atoms with E-state index in [4.69, 9.17) is 19.9 Å². The summed E-state index contributed by atoms with van der Waals surface area (Å²) < 4.78 is 46.0. The van der Waals surface area contributed by atoms with E-state index < -0.39 is 41.6 Å². The molecule has 1 aromatic heterocycles. The van der Waals surface area contributed by atoms with Gasteiger partial charge in [0.1, 0.15) is 30.4 Å². The van der Waals surface area contributed by atoms with Gasteiger partial charge in [0.2, 0.25) is 0 Å². The Balaban J connectivity index is 0.000000224. The molecule has 0 spiro atoms. The monoisotopic (exact) mass is 780 g/mol. The average molecular weight is 781 g/mol. The van der Waals surface area contributed by atoms with Crippen molar-refractivity contribution in [3.05, 3.63) is 148 Å². The number of carbonyl (C=O) groups excluding carboxylic acids is 3. The summed E-state index contributed by atoms with van der Waals surface area (Å²) in [5.74, 6) is -0.896. The van der Waals surface area contributed by atoms with Gasteiger partial charge in [-0.2, -0.15) is 9.78 Å². The lowest BCUT2D eigenvalue weighted by molar-refractivity contribution is 0.0635. The number of halogens is 2. The standard InChI is InChI=1S/C24H28FN3O4.C19H18FN3O2/c1-15-11-19(25)18(13-20(15)26-22(29)32-24(3,4)5)21-12-16(2)28(27-21)23(30)31-14-17-9-7-6-8-10-17;1-12-8-16(20)15(10-17(12)21)18-9-13(2)23(22-18)19(24)25-11-14-6-4-3-5-7-14/h6-13,21,27H,14H2,1-5H3,(H,26,29);3-10H,11,21H2,1-2H3. The van der Waals surface area contributed by atoms with E-state index in [0.29, 0.717) is 39.6 Å². The molecular formula is C43H46F2N6O6. The molecule has 2 heterocycles. The molecule has 0 saturated carbocycles. The van der Waals surface area contributed by atoms with E-state index in [1.807, 2.05) is 60.7 Å². The summed E-state index contributed by atoms with van der Waals surface area (Å²) in [6.45, 7) is 12.4. The van der Waals surface area contributed by atoms with Crippen LogP contribution in [0.1, 0.15) is 67.2 Å². The lowest BCUT2D eigenvalue weighted by atomic mass is 10.0. The number of amides is 2. The molecule has 1 aliphatic rings. The number of nitrogens with one attached hydrogen (secondary N) is 2. The topological polar surface area (TPSA) is 150 Å². The van der Waals surface area contributed by atoms with E-state index in [1.165, 1.54) is 29.3 Å². The van der Waals surface area contributed by atoms with Crippen molar-refractivity contribution >= 4 is 29.7 Å². The molecule has 0 fully saturated rings. The van der Waals surface area contributed by atoms with Crippen molar-refractivity contribution in [3.63, 3.8) is 0 Å². The van der Waals surface area contributed by atoms with Crippen LogP contribution in [0.4, 0.5) is 34.5 Å². The highest BCUT2D eigenvalue weighted by Gasteiger charge is 2.30. The molecule has 12 nitrogen and oxygen atoms in total. The van der Waals surface area contributed by atoms with Gasteiger partial charge in [0, 0.05) is 33.9 Å². The largest absolute Gasteiger partial charge is 0.444 e. The van der Waals surface area contributed by atoms with Gasteiger partial charge >= 0.3 is 18.3 Å². The Bertz CT molecular complexity index is 2270. The Morgan fingerprint density at radius 3 is 1.98 bits per heavy atom. The second kappa shape index (κ2) is 17.9. The van der Waals surface area contributed by atoms with E-state index in [1.54, 1.807) is 60.6 Å². The fraction of sp³-hybridized carbons (Fsp3) is 0.256. The fourth-order valence-corrected chi connectivity index (χ4v) is 5.67. The maximum absolute atomic E-state index is 14.8. The van der Waals surface area contributed by atoms with Crippen LogP contribution in [0.25, 0.3) is 11.3 Å². The number of nitrogens with two attached hydrogens (primary N) is 1. The van der Waals surface area contributed by atoms with Crippen molar-refractivity contribution in [1.82, 2.24) is 20.2 Å². The summed E-state index contributed by atoms with van der Waals surface area (Å²) in [5, 5.41) is 8.07. The molecule has 0 saturated heterocycles. The predicted molar refractivity (Wildman–Crippen MR) is 213 cm³/mol. The minimum atomic E-state index is -0.658. The van der Waals surface area contributed by atoms with Gasteiger partial charge < -0.3 is 19.9 Å². The molecule has 4 aromatic carbocycles. The minimum Gasteiger partial charge on any atom is -0.444 e. The molecule has 57 heavy (non-hydrogen) atoms. The third-order valence-corrected chi connectivity index (χ3v) is 8.63. The first-order chi connectivity index (χ1) is 27.0. The molecule has 6 rings (SSSR count). The molecule has 4 N–H and O–H groups in total. The molecule has 2 amide bonds. The van der Waals surface area contributed by atoms with Gasteiger partial charge in [-0.3, -0.25) is 5.32 Å². The molecule has 1 atom stereocenters. The summed E-state index contributed by atoms with van der Waals surface area (Å²) in [6.07, 6.45) is -0.123. The van der Waals surface area contributed by atoms with Crippen LogP contribution in [0.2, 0.25) is 0 Å². The van der Waals surface area contributed by atoms with Crippen molar-refractivity contribution in [2.75, 3.05) is 11.1 Å². The van der Waals surface area contributed by atoms with Crippen molar-refractivity contribution in [1.29, 1.82) is 0 Å². The Morgan fingerprint density at radius 1 is 0.807 bits per heavy atom. The average Bonchev–Trinajstić information content (AvgIpc) is 3.74. The lowest BCUT2D eigenvalue weighted by Crippen LogP contribution is -2.38. The van der Waals surface area contributed by atoms with Crippen LogP contribution in [-0.2, 0) is 27.4 Å². The zero-order valence-electron chi connectivity index (χ0n) is 32.9. The number of hydrazine groups is 1. The predicted octanol–water partition coefficient (Wildman–Crippen LogP) is 9.66. The summed E-state index contributed by atoms with van der Waals surface area (Å²) in [4.78, 5) is 36.9. The zero-order chi connectivity index (χ0) is 41.4. The smallest absolute Gasteiger partial charge is 0.435 e. The van der Waals surface area contributed by atoms with E-state index in [0.717, 1.165) is 15.8 Å². The van der Waals surface area contributed by atoms with Gasteiger partial charge in [0.25, 0.3) is 0 Å². The van der Waals surface area contributed by atoms with E-state index in [-0.39, 0.29) is 24.3 Å². The Hall–Kier alpha value is -6.54. The van der Waals surface area contributed by atoms with E-state index in [2.05, 4.69) is 15.8 Å². The highest BCUT2D eigenvalue weighted by Crippen LogP contribution is 2.31. The summed E-state index contributed by atoms with van der Waals surface area (Å²) in [5.41, 5.74) is 14.0. The van der Waals surface area contributed by atoms with Crippen molar-refractivity contribution in [2.45, 2.75) is 73.3 Å². The van der Waals surface area contributed by atoms with Crippen molar-refractivity contribution in [2.24, 2.45) is 0 Å². The number of rotatable bonds is 7. The number of aromatic nitrogens is 2. The zero-order valence-corrected chi connectivity index (χ0v) is 32.9. The number of aryl methyl sites for hydroxylation is 3. The number of anilines is 2. The van der Waals surface area contributed by atoms with Crippen LogP contribution in [0.5, 0.6) is 0 Å². The van der Waals surface area contributed by atoms with E-state index in [9.17, 15) is 23.2 Å². The van der Waals surface area contributed by atoms with Crippen molar-refractivity contribution in [3.8, 4) is 11.3 Å². The van der Waals surface area contributed by atoms with Crippen molar-refractivity contribution < 1.29 is 37.4 Å². The number of nitrogens with zero attached hydrogens (tertiary/aromatic N) is 3. The lowest BCUT2D eigenvalue weighted by Gasteiger charge is -2.22. The second-order valence-electron chi connectivity index (χ2n) is 14.4. The maximum Gasteiger partial charge on any atom is 0.435 e.